The summed E-state index contributed by atoms with van der Waals surface area (Å²) < 4.78 is 0. The van der Waals surface area contributed by atoms with Crippen LogP contribution in [0, 0.1) is 5.41 Å². The second-order valence-corrected chi connectivity index (χ2v) is 8.80. The van der Waals surface area contributed by atoms with Crippen molar-refractivity contribution in [3.05, 3.63) is 29.3 Å². The lowest BCUT2D eigenvalue weighted by Crippen LogP contribution is -2.36. The minimum Gasteiger partial charge on any atom is -0.369 e. The van der Waals surface area contributed by atoms with E-state index >= 15 is 0 Å². The number of amides is 1. The van der Waals surface area contributed by atoms with Crippen molar-refractivity contribution in [2.45, 2.75) is 72.4 Å². The van der Waals surface area contributed by atoms with Crippen molar-refractivity contribution in [3.8, 4) is 0 Å². The first kappa shape index (κ1) is 26.4. The quantitative estimate of drug-likeness (QED) is 0.244. The van der Waals surface area contributed by atoms with Crippen molar-refractivity contribution in [3.63, 3.8) is 0 Å². The maximum atomic E-state index is 12.3. The average Bonchev–Trinajstić information content (AvgIpc) is 2.67. The van der Waals surface area contributed by atoms with E-state index in [2.05, 4.69) is 27.5 Å². The van der Waals surface area contributed by atoms with Crippen LogP contribution in [0.3, 0.4) is 0 Å². The molecule has 0 spiro atoms. The summed E-state index contributed by atoms with van der Waals surface area (Å²) in [7, 11) is 0. The van der Waals surface area contributed by atoms with Crippen molar-refractivity contribution < 1.29 is 9.59 Å². The van der Waals surface area contributed by atoms with E-state index in [1.807, 2.05) is 20.8 Å². The number of nitrogens with two attached hydrogens (primary N) is 2. The van der Waals surface area contributed by atoms with E-state index in [4.69, 9.17) is 23.1 Å². The third-order valence-corrected chi connectivity index (χ3v) is 4.72. The average molecular weight is 451 g/mol. The van der Waals surface area contributed by atoms with Crippen molar-refractivity contribution in [2.75, 3.05) is 5.32 Å². The van der Waals surface area contributed by atoms with Crippen LogP contribution in [0.25, 0.3) is 0 Å². The molecule has 0 saturated carbocycles. The molecule has 0 heterocycles. The Labute approximate surface area is 189 Å². The fourth-order valence-corrected chi connectivity index (χ4v) is 2.76. The van der Waals surface area contributed by atoms with Crippen LogP contribution in [0.4, 0.5) is 5.69 Å². The molecule has 9 heteroatoms. The molecule has 6 N–H and O–H groups in total. The van der Waals surface area contributed by atoms with Gasteiger partial charge < -0.3 is 22.1 Å². The molecule has 1 atom stereocenters. The highest BCUT2D eigenvalue weighted by Crippen LogP contribution is 2.17. The molecule has 31 heavy (non-hydrogen) atoms. The molecule has 0 bridgehead atoms. The molecule has 0 aliphatic rings. The van der Waals surface area contributed by atoms with Crippen molar-refractivity contribution in [1.82, 2.24) is 5.32 Å². The second-order valence-electron chi connectivity index (χ2n) is 8.37. The highest BCUT2D eigenvalue weighted by molar-refractivity contribution is 6.30. The molecule has 1 aromatic rings. The van der Waals surface area contributed by atoms with Crippen LogP contribution in [-0.4, -0.2) is 29.8 Å². The Morgan fingerprint density at radius 3 is 2.32 bits per heavy atom. The third kappa shape index (κ3) is 11.4. The summed E-state index contributed by atoms with van der Waals surface area (Å²) in [6.07, 6.45) is 3.31. The van der Waals surface area contributed by atoms with Gasteiger partial charge in [-0.1, -0.05) is 52.1 Å². The number of aliphatic imine (C=N–C) groups is 2. The fraction of sp³-hybridized carbons (Fsp3) is 0.545. The number of nitrogens with one attached hydrogen (secondary N) is 2. The van der Waals surface area contributed by atoms with E-state index in [1.165, 1.54) is 0 Å². The first-order valence-corrected chi connectivity index (χ1v) is 10.9. The van der Waals surface area contributed by atoms with Crippen LogP contribution < -0.4 is 22.1 Å². The van der Waals surface area contributed by atoms with Gasteiger partial charge in [-0.25, -0.2) is 4.99 Å². The number of ketones is 1. The molecule has 1 amide bonds. The van der Waals surface area contributed by atoms with Crippen LogP contribution in [0.5, 0.6) is 0 Å². The third-order valence-electron chi connectivity index (χ3n) is 4.46. The lowest BCUT2D eigenvalue weighted by atomic mass is 9.88. The van der Waals surface area contributed by atoms with Gasteiger partial charge in [0.2, 0.25) is 17.8 Å². The van der Waals surface area contributed by atoms with Gasteiger partial charge in [0.05, 0.1) is 0 Å². The highest BCUT2D eigenvalue weighted by atomic mass is 35.5. The predicted molar refractivity (Wildman–Crippen MR) is 128 cm³/mol. The summed E-state index contributed by atoms with van der Waals surface area (Å²) in [6.45, 7) is 7.61. The van der Waals surface area contributed by atoms with Gasteiger partial charge >= 0.3 is 0 Å². The predicted octanol–water partition coefficient (Wildman–Crippen LogP) is 3.80. The SMILES string of the molecule is CCCCCC(/N=C(N)/N=C(\N)Nc1ccc(Cl)cc1)NC(=O)CCC(=O)C(C)(C)C. The summed E-state index contributed by atoms with van der Waals surface area (Å²) in [6, 6.07) is 6.95. The maximum absolute atomic E-state index is 12.3. The molecule has 1 aromatic carbocycles. The van der Waals surface area contributed by atoms with E-state index in [9.17, 15) is 9.59 Å². The lowest BCUT2D eigenvalue weighted by Gasteiger charge is -2.18. The summed E-state index contributed by atoms with van der Waals surface area (Å²) in [4.78, 5) is 32.8. The Morgan fingerprint density at radius 2 is 1.74 bits per heavy atom. The molecule has 0 radical (unpaired) electrons. The van der Waals surface area contributed by atoms with Crippen molar-refractivity contribution in [2.24, 2.45) is 26.9 Å². The van der Waals surface area contributed by atoms with Gasteiger partial charge in [0.15, 0.2) is 0 Å². The van der Waals surface area contributed by atoms with Gasteiger partial charge in [0, 0.05) is 29.0 Å². The standard InChI is InChI=1S/C22H35ClN6O2/c1-5-6-7-8-18(27-19(31)14-13-17(30)22(2,3)4)28-21(25)29-20(24)26-16-11-9-15(23)10-12-16/h9-12,18H,5-8,13-14H2,1-4H3,(H,27,31)(H5,24,25,26,28,29). The molecule has 172 valence electrons. The molecular formula is C22H35ClN6O2. The number of unbranched alkanes of at least 4 members (excludes halogenated alkanes) is 2. The van der Waals surface area contributed by atoms with E-state index in [0.717, 1.165) is 19.3 Å². The number of rotatable bonds is 10. The van der Waals surface area contributed by atoms with Crippen molar-refractivity contribution >= 4 is 40.9 Å². The van der Waals surface area contributed by atoms with Gasteiger partial charge in [-0.3, -0.25) is 9.59 Å². The van der Waals surface area contributed by atoms with E-state index in [-0.39, 0.29) is 36.5 Å². The van der Waals surface area contributed by atoms with E-state index in [1.54, 1.807) is 24.3 Å². The van der Waals surface area contributed by atoms with Crippen LogP contribution in [0.2, 0.25) is 5.02 Å². The zero-order valence-corrected chi connectivity index (χ0v) is 19.6. The Hall–Kier alpha value is -2.61. The maximum Gasteiger partial charge on any atom is 0.222 e. The number of hydrogen-bond acceptors (Lipinski definition) is 3. The topological polar surface area (TPSA) is 135 Å². The zero-order chi connectivity index (χ0) is 23.4. The molecule has 1 unspecified atom stereocenters. The van der Waals surface area contributed by atoms with Gasteiger partial charge in [-0.2, -0.15) is 4.99 Å². The molecule has 0 aliphatic carbocycles. The number of carbonyl (C=O) groups is 2. The Bertz CT molecular complexity index is 784. The number of anilines is 1. The molecular weight excluding hydrogens is 416 g/mol. The van der Waals surface area contributed by atoms with Gasteiger partial charge in [0.1, 0.15) is 11.9 Å². The highest BCUT2D eigenvalue weighted by Gasteiger charge is 2.22. The zero-order valence-electron chi connectivity index (χ0n) is 18.9. The van der Waals surface area contributed by atoms with E-state index in [0.29, 0.717) is 17.1 Å². The lowest BCUT2D eigenvalue weighted by molar-refractivity contribution is -0.129. The second kappa shape index (κ2) is 12.9. The fourth-order valence-electron chi connectivity index (χ4n) is 2.64. The van der Waals surface area contributed by atoms with Crippen molar-refractivity contribution in [1.29, 1.82) is 0 Å². The summed E-state index contributed by atoms with van der Waals surface area (Å²) in [5, 5.41) is 6.34. The number of halogens is 1. The smallest absolute Gasteiger partial charge is 0.222 e. The number of benzene rings is 1. The number of nitrogens with zero attached hydrogens (tertiary/aromatic N) is 2. The minimum absolute atomic E-state index is 0.0406. The summed E-state index contributed by atoms with van der Waals surface area (Å²) >= 11 is 5.86. The van der Waals surface area contributed by atoms with Crippen LogP contribution in [-0.2, 0) is 9.59 Å². The van der Waals surface area contributed by atoms with Crippen LogP contribution >= 0.6 is 11.6 Å². The summed E-state index contributed by atoms with van der Waals surface area (Å²) in [5.41, 5.74) is 12.1. The molecule has 1 rings (SSSR count). The van der Waals surface area contributed by atoms with Gasteiger partial charge in [-0.05, 0) is 37.1 Å². The first-order valence-electron chi connectivity index (χ1n) is 10.5. The van der Waals surface area contributed by atoms with Crippen LogP contribution in [0.15, 0.2) is 34.3 Å². The number of Topliss-reactive ketones (excluding diaryl/α,β-unsaturated/α-hetero) is 1. The van der Waals surface area contributed by atoms with Gasteiger partial charge in [-0.15, -0.1) is 0 Å². The number of carbonyl (C=O) groups excluding carboxylic acids is 2. The molecule has 0 aliphatic heterocycles. The molecule has 0 fully saturated rings. The first-order chi connectivity index (χ1) is 14.5. The molecule has 8 nitrogen and oxygen atoms in total. The Kier molecular flexibility index (Phi) is 11.0. The van der Waals surface area contributed by atoms with Gasteiger partial charge in [0.25, 0.3) is 0 Å². The Balaban J connectivity index is 2.76. The normalized spacial score (nSPS) is 13.6. The van der Waals surface area contributed by atoms with E-state index < -0.39 is 11.6 Å². The summed E-state index contributed by atoms with van der Waals surface area (Å²) in [5.74, 6) is -0.185. The number of guanidine groups is 2. The van der Waals surface area contributed by atoms with Crippen LogP contribution in [0.1, 0.15) is 66.2 Å². The minimum atomic E-state index is -0.532. The largest absolute Gasteiger partial charge is 0.369 e. The molecule has 0 saturated heterocycles. The monoisotopic (exact) mass is 450 g/mol. The Morgan fingerprint density at radius 1 is 1.10 bits per heavy atom. The molecule has 0 aromatic heterocycles. The number of hydrogen-bond donors (Lipinski definition) is 4.